The average molecular weight is 254 g/mol. The molecule has 0 aliphatic carbocycles. The summed E-state index contributed by atoms with van der Waals surface area (Å²) < 4.78 is 5.45. The molecule has 3 aromatic rings. The number of anilines is 1. The van der Waals surface area contributed by atoms with Crippen molar-refractivity contribution in [3.05, 3.63) is 36.2 Å². The van der Waals surface area contributed by atoms with Gasteiger partial charge in [-0.3, -0.25) is 0 Å². The van der Waals surface area contributed by atoms with E-state index in [1.54, 1.807) is 0 Å². The molecule has 3 rings (SSSR count). The Morgan fingerprint density at radius 2 is 2.05 bits per heavy atom. The smallest absolute Gasteiger partial charge is 0.192 e. The monoisotopic (exact) mass is 254 g/mol. The molecule has 2 heterocycles. The topological polar surface area (TPSA) is 63.8 Å². The van der Waals surface area contributed by atoms with E-state index in [1.165, 1.54) is 0 Å². The van der Waals surface area contributed by atoms with Crippen molar-refractivity contribution in [1.82, 2.24) is 15.2 Å². The zero-order chi connectivity index (χ0) is 13.2. The molecular weight excluding hydrogens is 240 g/mol. The van der Waals surface area contributed by atoms with Gasteiger partial charge in [-0.15, -0.1) is 10.2 Å². The Balaban J connectivity index is 1.98. The molecule has 0 bridgehead atoms. The van der Waals surface area contributed by atoms with Gasteiger partial charge in [-0.05, 0) is 37.3 Å². The molecule has 0 fully saturated rings. The number of aryl methyl sites for hydroxylation is 1. The normalized spacial score (nSPS) is 10.8. The molecule has 2 aromatic heterocycles. The summed E-state index contributed by atoms with van der Waals surface area (Å²) in [5.74, 6) is 1.45. The van der Waals surface area contributed by atoms with E-state index in [0.29, 0.717) is 5.89 Å². The Morgan fingerprint density at radius 1 is 1.16 bits per heavy atom. The van der Waals surface area contributed by atoms with Gasteiger partial charge >= 0.3 is 0 Å². The Morgan fingerprint density at radius 3 is 2.79 bits per heavy atom. The number of benzene rings is 1. The second-order valence-electron chi connectivity index (χ2n) is 4.25. The zero-order valence-electron chi connectivity index (χ0n) is 10.8. The lowest BCUT2D eigenvalue weighted by molar-refractivity contribution is 0.561. The Kier molecular flexibility index (Phi) is 2.87. The highest BCUT2D eigenvalue weighted by molar-refractivity contribution is 5.79. The number of oxazole rings is 1. The average Bonchev–Trinajstić information content (AvgIpc) is 2.79. The van der Waals surface area contributed by atoms with Crippen LogP contribution in [-0.4, -0.2) is 21.7 Å². The summed E-state index contributed by atoms with van der Waals surface area (Å²) in [5, 5.41) is 11.5. The number of hydrogen-bond donors (Lipinski definition) is 1. The summed E-state index contributed by atoms with van der Waals surface area (Å²) in [4.78, 5) is 4.32. The van der Waals surface area contributed by atoms with Crippen molar-refractivity contribution < 1.29 is 4.42 Å². The van der Waals surface area contributed by atoms with Crippen LogP contribution in [0.3, 0.4) is 0 Å². The molecule has 5 heteroatoms. The van der Waals surface area contributed by atoms with E-state index >= 15 is 0 Å². The quantitative estimate of drug-likeness (QED) is 0.778. The largest absolute Gasteiger partial charge is 0.441 e. The van der Waals surface area contributed by atoms with Crippen molar-refractivity contribution in [2.45, 2.75) is 13.8 Å². The van der Waals surface area contributed by atoms with Crippen LogP contribution in [0.2, 0.25) is 0 Å². The van der Waals surface area contributed by atoms with Crippen molar-refractivity contribution in [3.63, 3.8) is 0 Å². The molecule has 0 radical (unpaired) electrons. The number of nitrogens with zero attached hydrogens (tertiary/aromatic N) is 3. The number of rotatable bonds is 3. The van der Waals surface area contributed by atoms with Gasteiger partial charge in [0, 0.05) is 19.0 Å². The van der Waals surface area contributed by atoms with E-state index in [9.17, 15) is 0 Å². The maximum Gasteiger partial charge on any atom is 0.192 e. The predicted octanol–water partition coefficient (Wildman–Crippen LogP) is 3.03. The second-order valence-corrected chi connectivity index (χ2v) is 4.25. The fourth-order valence-electron chi connectivity index (χ4n) is 1.96. The maximum atomic E-state index is 5.45. The first-order valence-corrected chi connectivity index (χ1v) is 6.21. The van der Waals surface area contributed by atoms with Gasteiger partial charge in [-0.25, -0.2) is 4.98 Å². The van der Waals surface area contributed by atoms with Crippen molar-refractivity contribution in [2.24, 2.45) is 0 Å². The molecule has 0 atom stereocenters. The molecule has 96 valence electrons. The summed E-state index contributed by atoms with van der Waals surface area (Å²) in [6, 6.07) is 9.69. The van der Waals surface area contributed by atoms with Crippen LogP contribution in [0, 0.1) is 6.92 Å². The van der Waals surface area contributed by atoms with E-state index in [0.717, 1.165) is 34.7 Å². The van der Waals surface area contributed by atoms with Gasteiger partial charge in [-0.2, -0.15) is 0 Å². The number of fused-ring (bicyclic) bond motifs is 1. The minimum absolute atomic E-state index is 0.667. The summed E-state index contributed by atoms with van der Waals surface area (Å²) in [7, 11) is 0. The van der Waals surface area contributed by atoms with Gasteiger partial charge < -0.3 is 9.73 Å². The van der Waals surface area contributed by atoms with Crippen LogP contribution in [0.4, 0.5) is 5.82 Å². The van der Waals surface area contributed by atoms with Crippen LogP contribution >= 0.6 is 0 Å². The van der Waals surface area contributed by atoms with E-state index in [-0.39, 0.29) is 0 Å². The van der Waals surface area contributed by atoms with Gasteiger partial charge in [0.05, 0.1) is 5.69 Å². The molecule has 0 amide bonds. The van der Waals surface area contributed by atoms with Gasteiger partial charge in [0.15, 0.2) is 11.5 Å². The maximum absolute atomic E-state index is 5.45. The van der Waals surface area contributed by atoms with Crippen molar-refractivity contribution in [2.75, 3.05) is 11.9 Å². The first-order valence-electron chi connectivity index (χ1n) is 6.21. The Hall–Kier alpha value is -2.43. The third-order valence-electron chi connectivity index (χ3n) is 2.81. The predicted molar refractivity (Wildman–Crippen MR) is 73.9 cm³/mol. The van der Waals surface area contributed by atoms with Gasteiger partial charge in [0.2, 0.25) is 0 Å². The molecule has 0 aliphatic heterocycles. The highest BCUT2D eigenvalue weighted by atomic mass is 16.3. The van der Waals surface area contributed by atoms with Crippen LogP contribution in [0.15, 0.2) is 34.7 Å². The fourth-order valence-corrected chi connectivity index (χ4v) is 1.96. The number of nitrogens with one attached hydrogen (secondary N) is 1. The number of hydrogen-bond acceptors (Lipinski definition) is 5. The zero-order valence-corrected chi connectivity index (χ0v) is 10.8. The van der Waals surface area contributed by atoms with Crippen molar-refractivity contribution in [1.29, 1.82) is 0 Å². The summed E-state index contributed by atoms with van der Waals surface area (Å²) in [5.41, 5.74) is 3.44. The molecule has 0 saturated heterocycles. The van der Waals surface area contributed by atoms with Gasteiger partial charge in [0.1, 0.15) is 11.3 Å². The molecule has 19 heavy (non-hydrogen) atoms. The fraction of sp³-hybridized carbons (Fsp3) is 0.214. The minimum atomic E-state index is 0.667. The third-order valence-corrected chi connectivity index (χ3v) is 2.81. The lowest BCUT2D eigenvalue weighted by atomic mass is 10.1. The molecular formula is C14H14N4O. The second kappa shape index (κ2) is 4.68. The highest BCUT2D eigenvalue weighted by Crippen LogP contribution is 2.23. The van der Waals surface area contributed by atoms with Crippen LogP contribution in [0.25, 0.3) is 22.4 Å². The van der Waals surface area contributed by atoms with E-state index in [2.05, 4.69) is 20.5 Å². The SMILES string of the molecule is CCNc1ccc(-c2ccc3oc(C)nc3c2)nn1. The first-order chi connectivity index (χ1) is 9.26. The Bertz CT molecular complexity index is 703. The minimum Gasteiger partial charge on any atom is -0.441 e. The molecule has 0 saturated carbocycles. The summed E-state index contributed by atoms with van der Waals surface area (Å²) in [6.07, 6.45) is 0. The third kappa shape index (κ3) is 2.27. The van der Waals surface area contributed by atoms with Crippen molar-refractivity contribution in [3.8, 4) is 11.3 Å². The molecule has 0 aliphatic rings. The molecule has 1 aromatic carbocycles. The molecule has 0 unspecified atom stereocenters. The highest BCUT2D eigenvalue weighted by Gasteiger charge is 2.06. The molecule has 1 N–H and O–H groups in total. The van der Waals surface area contributed by atoms with Crippen LogP contribution in [0.1, 0.15) is 12.8 Å². The van der Waals surface area contributed by atoms with Crippen LogP contribution in [0.5, 0.6) is 0 Å². The van der Waals surface area contributed by atoms with E-state index < -0.39 is 0 Å². The van der Waals surface area contributed by atoms with Crippen LogP contribution in [-0.2, 0) is 0 Å². The lowest BCUT2D eigenvalue weighted by Gasteiger charge is -2.02. The summed E-state index contributed by atoms with van der Waals surface area (Å²) in [6.45, 7) is 4.69. The first kappa shape index (κ1) is 11.6. The van der Waals surface area contributed by atoms with Gasteiger partial charge in [0.25, 0.3) is 0 Å². The van der Waals surface area contributed by atoms with Gasteiger partial charge in [-0.1, -0.05) is 0 Å². The van der Waals surface area contributed by atoms with Crippen molar-refractivity contribution >= 4 is 16.9 Å². The molecule has 0 spiro atoms. The lowest BCUT2D eigenvalue weighted by Crippen LogP contribution is -2.00. The number of aromatic nitrogens is 3. The standard InChI is InChI=1S/C14H14N4O/c1-3-15-14-7-5-11(17-18-14)10-4-6-13-12(8-10)16-9(2)19-13/h4-8H,3H2,1-2H3,(H,15,18). The molecule has 5 nitrogen and oxygen atoms in total. The van der Waals surface area contributed by atoms with E-state index in [1.807, 2.05) is 44.2 Å². The van der Waals surface area contributed by atoms with Crippen LogP contribution < -0.4 is 5.32 Å². The van der Waals surface area contributed by atoms with E-state index in [4.69, 9.17) is 4.42 Å². The summed E-state index contributed by atoms with van der Waals surface area (Å²) >= 11 is 0. The Labute approximate surface area is 110 Å².